The summed E-state index contributed by atoms with van der Waals surface area (Å²) in [5.74, 6) is -0.0626. The van der Waals surface area contributed by atoms with Gasteiger partial charge < -0.3 is 0 Å². The summed E-state index contributed by atoms with van der Waals surface area (Å²) in [6.45, 7) is 12.3. The van der Waals surface area contributed by atoms with Crippen molar-refractivity contribution in [3.63, 3.8) is 0 Å². The zero-order chi connectivity index (χ0) is 22.3. The van der Waals surface area contributed by atoms with E-state index >= 15 is 0 Å². The molecule has 0 saturated heterocycles. The molecule has 0 fully saturated rings. The fourth-order valence-electron chi connectivity index (χ4n) is 3.39. The molecular weight excluding hydrogens is 408 g/mol. The molecule has 7 nitrogen and oxygen atoms in total. The quantitative estimate of drug-likeness (QED) is 0.465. The molecule has 1 aromatic carbocycles. The number of carbonyl (C=O) groups excluding carboxylic acids is 1. The van der Waals surface area contributed by atoms with Crippen LogP contribution in [0, 0.1) is 6.92 Å². The molecule has 4 rings (SSSR count). The lowest BCUT2D eigenvalue weighted by atomic mass is 10.0. The van der Waals surface area contributed by atoms with Crippen molar-refractivity contribution in [1.29, 1.82) is 0 Å². The molecule has 3 aromatic heterocycles. The van der Waals surface area contributed by atoms with Crippen LogP contribution in [0.3, 0.4) is 0 Å². The van der Waals surface area contributed by atoms with Gasteiger partial charge in [-0.3, -0.25) is 10.1 Å². The molecule has 0 aliphatic heterocycles. The lowest BCUT2D eigenvalue weighted by molar-refractivity contribution is 0.102. The van der Waals surface area contributed by atoms with Crippen molar-refractivity contribution in [2.45, 2.75) is 53.0 Å². The predicted octanol–water partition coefficient (Wildman–Crippen LogP) is 5.39. The summed E-state index contributed by atoms with van der Waals surface area (Å²) in [4.78, 5) is 18.2. The minimum Gasteiger partial charge on any atom is -0.296 e. The van der Waals surface area contributed by atoms with Gasteiger partial charge in [0.1, 0.15) is 5.01 Å². The third kappa shape index (κ3) is 4.07. The molecule has 1 amide bonds. The molecule has 31 heavy (non-hydrogen) atoms. The molecule has 1 N–H and O–H groups in total. The van der Waals surface area contributed by atoms with Gasteiger partial charge in [-0.1, -0.05) is 55.5 Å². The smallest absolute Gasteiger partial charge is 0.258 e. The molecule has 0 saturated carbocycles. The van der Waals surface area contributed by atoms with Gasteiger partial charge in [0.05, 0.1) is 22.2 Å². The number of carbonyl (C=O) groups is 1. The number of anilines is 1. The van der Waals surface area contributed by atoms with Gasteiger partial charge in [0, 0.05) is 11.3 Å². The Morgan fingerprint density at radius 2 is 1.84 bits per heavy atom. The first-order valence-electron chi connectivity index (χ1n) is 10.3. The summed E-state index contributed by atoms with van der Waals surface area (Å²) < 4.78 is 1.90. The Morgan fingerprint density at radius 1 is 1.13 bits per heavy atom. The number of nitrogens with zero attached hydrogens (tertiary/aromatic N) is 5. The van der Waals surface area contributed by atoms with Gasteiger partial charge in [-0.05, 0) is 39.7 Å². The molecular formula is C23H26N6OS. The van der Waals surface area contributed by atoms with Crippen LogP contribution in [0.5, 0.6) is 0 Å². The van der Waals surface area contributed by atoms with Crippen LogP contribution in [0.2, 0.25) is 0 Å². The molecule has 0 spiro atoms. The standard InChI is InChI=1S/C23H26N6OS/c1-13(2)17-12-16(18-14(3)28-29(19(18)24-17)23(4,5)6)20(30)25-22-27-26-21(31-22)15-10-8-7-9-11-15/h7-13H,1-6H3,(H,25,27,30). The topological polar surface area (TPSA) is 85.6 Å². The van der Waals surface area contributed by atoms with E-state index in [1.807, 2.05) is 48.0 Å². The van der Waals surface area contributed by atoms with Gasteiger partial charge in [-0.2, -0.15) is 5.10 Å². The number of aromatic nitrogens is 5. The van der Waals surface area contributed by atoms with Crippen molar-refractivity contribution in [2.75, 3.05) is 5.32 Å². The summed E-state index contributed by atoms with van der Waals surface area (Å²) in [5, 5.41) is 18.0. The fraction of sp³-hybridized carbons (Fsp3) is 0.348. The molecule has 0 bridgehead atoms. The van der Waals surface area contributed by atoms with Gasteiger partial charge in [0.2, 0.25) is 5.13 Å². The lowest BCUT2D eigenvalue weighted by Gasteiger charge is -2.20. The summed E-state index contributed by atoms with van der Waals surface area (Å²) in [6.07, 6.45) is 0. The summed E-state index contributed by atoms with van der Waals surface area (Å²) >= 11 is 1.35. The van der Waals surface area contributed by atoms with Crippen LogP contribution in [0.25, 0.3) is 21.6 Å². The Hall–Kier alpha value is -3.13. The van der Waals surface area contributed by atoms with Crippen molar-refractivity contribution in [3.05, 3.63) is 53.3 Å². The lowest BCUT2D eigenvalue weighted by Crippen LogP contribution is -2.24. The van der Waals surface area contributed by atoms with E-state index in [0.29, 0.717) is 10.7 Å². The summed E-state index contributed by atoms with van der Waals surface area (Å²) in [7, 11) is 0. The second kappa shape index (κ2) is 7.85. The number of hydrogen-bond acceptors (Lipinski definition) is 6. The van der Waals surface area contributed by atoms with Crippen molar-refractivity contribution >= 4 is 33.4 Å². The molecule has 160 valence electrons. The average Bonchev–Trinajstić information content (AvgIpc) is 3.32. The first-order chi connectivity index (χ1) is 14.6. The van der Waals surface area contributed by atoms with Crippen LogP contribution in [0.1, 0.15) is 62.3 Å². The molecule has 0 unspecified atom stereocenters. The number of hydrogen-bond donors (Lipinski definition) is 1. The van der Waals surface area contributed by atoms with Crippen LogP contribution in [-0.2, 0) is 5.54 Å². The first-order valence-corrected chi connectivity index (χ1v) is 11.1. The molecule has 3 heterocycles. The minimum absolute atomic E-state index is 0.172. The van der Waals surface area contributed by atoms with Crippen LogP contribution < -0.4 is 5.32 Å². The number of fused-ring (bicyclic) bond motifs is 1. The van der Waals surface area contributed by atoms with E-state index in [0.717, 1.165) is 33.0 Å². The van der Waals surface area contributed by atoms with E-state index in [1.165, 1.54) is 11.3 Å². The Morgan fingerprint density at radius 3 is 2.48 bits per heavy atom. The highest BCUT2D eigenvalue weighted by Gasteiger charge is 2.25. The maximum absolute atomic E-state index is 13.3. The van der Waals surface area contributed by atoms with Crippen LogP contribution in [-0.4, -0.2) is 30.9 Å². The largest absolute Gasteiger partial charge is 0.296 e. The summed E-state index contributed by atoms with van der Waals surface area (Å²) in [5.41, 5.74) is 3.62. The SMILES string of the molecule is Cc1nn(C(C)(C)C)c2nc(C(C)C)cc(C(=O)Nc3nnc(-c4ccccc4)s3)c12. The molecule has 8 heteroatoms. The zero-order valence-electron chi connectivity index (χ0n) is 18.6. The van der Waals surface area contributed by atoms with E-state index in [1.54, 1.807) is 0 Å². The summed E-state index contributed by atoms with van der Waals surface area (Å²) in [6, 6.07) is 11.7. The number of amides is 1. The average molecular weight is 435 g/mol. The number of nitrogens with one attached hydrogen (secondary N) is 1. The number of rotatable bonds is 4. The van der Waals surface area contributed by atoms with E-state index in [4.69, 9.17) is 10.1 Å². The van der Waals surface area contributed by atoms with Crippen molar-refractivity contribution in [1.82, 2.24) is 25.0 Å². The van der Waals surface area contributed by atoms with Gasteiger partial charge in [-0.25, -0.2) is 9.67 Å². The normalized spacial score (nSPS) is 12.0. The number of benzene rings is 1. The highest BCUT2D eigenvalue weighted by Crippen LogP contribution is 2.30. The third-order valence-electron chi connectivity index (χ3n) is 4.97. The van der Waals surface area contributed by atoms with Crippen molar-refractivity contribution < 1.29 is 4.79 Å². The highest BCUT2D eigenvalue weighted by molar-refractivity contribution is 7.18. The van der Waals surface area contributed by atoms with Gasteiger partial charge in [0.25, 0.3) is 5.91 Å². The minimum atomic E-state index is -0.257. The molecule has 0 atom stereocenters. The second-order valence-corrected chi connectivity index (χ2v) is 9.83. The van der Waals surface area contributed by atoms with E-state index < -0.39 is 0 Å². The monoisotopic (exact) mass is 434 g/mol. The van der Waals surface area contributed by atoms with Crippen LogP contribution in [0.4, 0.5) is 5.13 Å². The molecule has 0 aliphatic rings. The molecule has 0 aliphatic carbocycles. The maximum Gasteiger partial charge on any atom is 0.258 e. The van der Waals surface area contributed by atoms with E-state index in [-0.39, 0.29) is 17.4 Å². The zero-order valence-corrected chi connectivity index (χ0v) is 19.4. The van der Waals surface area contributed by atoms with Crippen molar-refractivity contribution in [3.8, 4) is 10.6 Å². The predicted molar refractivity (Wildman–Crippen MR) is 125 cm³/mol. The van der Waals surface area contributed by atoms with Crippen LogP contribution in [0.15, 0.2) is 36.4 Å². The third-order valence-corrected chi connectivity index (χ3v) is 5.86. The van der Waals surface area contributed by atoms with Gasteiger partial charge in [-0.15, -0.1) is 10.2 Å². The van der Waals surface area contributed by atoms with E-state index in [9.17, 15) is 4.79 Å². The first kappa shape index (κ1) is 21.1. The van der Waals surface area contributed by atoms with Gasteiger partial charge >= 0.3 is 0 Å². The second-order valence-electron chi connectivity index (χ2n) is 8.85. The van der Waals surface area contributed by atoms with E-state index in [2.05, 4.69) is 50.1 Å². The number of pyridine rings is 1. The van der Waals surface area contributed by atoms with Gasteiger partial charge in [0.15, 0.2) is 5.65 Å². The Labute approximate surface area is 185 Å². The Kier molecular flexibility index (Phi) is 5.35. The number of aryl methyl sites for hydroxylation is 1. The molecule has 4 aromatic rings. The Balaban J connectivity index is 1.76. The van der Waals surface area contributed by atoms with Crippen LogP contribution >= 0.6 is 11.3 Å². The Bertz CT molecular complexity index is 1250. The fourth-order valence-corrected chi connectivity index (χ4v) is 4.13. The molecule has 0 radical (unpaired) electrons. The highest BCUT2D eigenvalue weighted by atomic mass is 32.1. The maximum atomic E-state index is 13.3. The van der Waals surface area contributed by atoms with Crippen molar-refractivity contribution in [2.24, 2.45) is 0 Å².